The smallest absolute Gasteiger partial charge is 0.350 e. The quantitative estimate of drug-likeness (QED) is 0.613. The molecule has 4 rings (SSSR count). The van der Waals surface area contributed by atoms with Crippen molar-refractivity contribution >= 4 is 50.4 Å². The van der Waals surface area contributed by atoms with Crippen molar-refractivity contribution in [1.29, 1.82) is 0 Å². The molecule has 0 saturated carbocycles. The highest BCUT2D eigenvalue weighted by Crippen LogP contribution is 2.36. The third kappa shape index (κ3) is 3.16. The second-order valence-electron chi connectivity index (χ2n) is 5.76. The Kier molecular flexibility index (Phi) is 4.65. The van der Waals surface area contributed by atoms with Crippen molar-refractivity contribution in [2.24, 2.45) is 4.99 Å². The number of hydrogen-bond donors (Lipinski definition) is 2. The average molecular weight is 414 g/mol. The van der Waals surface area contributed by atoms with Gasteiger partial charge in [-0.2, -0.15) is 4.98 Å². The van der Waals surface area contributed by atoms with Gasteiger partial charge in [-0.1, -0.05) is 40.9 Å². The summed E-state index contributed by atoms with van der Waals surface area (Å²) in [5.41, 5.74) is 0.862. The number of anilines is 2. The summed E-state index contributed by atoms with van der Waals surface area (Å²) in [5.74, 6) is -1.11. The lowest BCUT2D eigenvalue weighted by atomic mass is 10.1. The van der Waals surface area contributed by atoms with E-state index in [-0.39, 0.29) is 12.5 Å². The van der Waals surface area contributed by atoms with E-state index < -0.39 is 11.9 Å². The molecule has 28 heavy (non-hydrogen) atoms. The zero-order valence-corrected chi connectivity index (χ0v) is 16.5. The SMILES string of the molecule is CCOC(=O)c1sc(Nc2nc(O)c(C3=c4ccccc4=NC3=O)s2)nc1C. The Balaban J connectivity index is 1.67. The van der Waals surface area contributed by atoms with Gasteiger partial charge in [0.2, 0.25) is 5.88 Å². The maximum absolute atomic E-state index is 12.3. The number of nitrogens with zero attached hydrogens (tertiary/aromatic N) is 3. The van der Waals surface area contributed by atoms with Gasteiger partial charge in [0.1, 0.15) is 9.75 Å². The van der Waals surface area contributed by atoms with Crippen LogP contribution >= 0.6 is 22.7 Å². The van der Waals surface area contributed by atoms with E-state index in [4.69, 9.17) is 4.74 Å². The molecule has 0 unspecified atom stereocenters. The van der Waals surface area contributed by atoms with Crippen LogP contribution in [-0.4, -0.2) is 33.6 Å². The van der Waals surface area contributed by atoms with Gasteiger partial charge in [-0.3, -0.25) is 4.79 Å². The maximum atomic E-state index is 12.3. The molecule has 0 spiro atoms. The van der Waals surface area contributed by atoms with Gasteiger partial charge >= 0.3 is 5.97 Å². The van der Waals surface area contributed by atoms with Crippen LogP contribution in [-0.2, 0) is 9.53 Å². The minimum atomic E-state index is -0.432. The number of fused-ring (bicyclic) bond motifs is 1. The predicted octanol–water partition coefficient (Wildman–Crippen LogP) is 1.89. The fourth-order valence-electron chi connectivity index (χ4n) is 2.74. The molecule has 1 amide bonds. The van der Waals surface area contributed by atoms with Crippen LogP contribution < -0.4 is 15.9 Å². The minimum absolute atomic E-state index is 0.262. The molecule has 1 aliphatic heterocycles. The van der Waals surface area contributed by atoms with E-state index in [1.54, 1.807) is 38.1 Å². The highest BCUT2D eigenvalue weighted by Gasteiger charge is 2.25. The molecule has 0 atom stereocenters. The molecule has 0 saturated heterocycles. The number of aromatic hydroxyl groups is 1. The predicted molar refractivity (Wildman–Crippen MR) is 105 cm³/mol. The lowest BCUT2D eigenvalue weighted by Crippen LogP contribution is -2.22. The molecule has 142 valence electrons. The molecular formula is C18H14N4O4S2. The van der Waals surface area contributed by atoms with Gasteiger partial charge in [-0.15, -0.1) is 0 Å². The van der Waals surface area contributed by atoms with Crippen molar-refractivity contribution in [2.45, 2.75) is 13.8 Å². The number of thiazole rings is 2. The van der Waals surface area contributed by atoms with Crippen molar-refractivity contribution < 1.29 is 19.4 Å². The Morgan fingerprint density at radius 2 is 1.96 bits per heavy atom. The minimum Gasteiger partial charge on any atom is -0.492 e. The number of esters is 1. The molecule has 1 aromatic carbocycles. The average Bonchev–Trinajstić information content (AvgIpc) is 3.29. The van der Waals surface area contributed by atoms with E-state index >= 15 is 0 Å². The number of carbonyl (C=O) groups excluding carboxylic acids is 2. The van der Waals surface area contributed by atoms with Crippen LogP contribution in [0.5, 0.6) is 5.88 Å². The Labute approximate surface area is 166 Å². The second kappa shape index (κ2) is 7.13. The van der Waals surface area contributed by atoms with Gasteiger partial charge in [0.25, 0.3) is 5.91 Å². The van der Waals surface area contributed by atoms with Crippen molar-refractivity contribution in [2.75, 3.05) is 11.9 Å². The van der Waals surface area contributed by atoms with Gasteiger partial charge in [-0.05, 0) is 19.9 Å². The summed E-state index contributed by atoms with van der Waals surface area (Å²) < 4.78 is 5.01. The number of carbonyl (C=O) groups is 2. The molecular weight excluding hydrogens is 400 g/mol. The van der Waals surface area contributed by atoms with E-state index in [2.05, 4.69) is 20.3 Å². The molecule has 1 aliphatic rings. The number of ether oxygens (including phenoxy) is 1. The third-order valence-electron chi connectivity index (χ3n) is 3.92. The van der Waals surface area contributed by atoms with Crippen molar-refractivity contribution in [3.8, 4) is 5.88 Å². The Bertz CT molecular complexity index is 1230. The summed E-state index contributed by atoms with van der Waals surface area (Å²) in [4.78, 5) is 37.4. The first-order chi connectivity index (χ1) is 13.5. The maximum Gasteiger partial charge on any atom is 0.350 e. The summed E-state index contributed by atoms with van der Waals surface area (Å²) in [6.07, 6.45) is 0. The number of para-hydroxylation sites is 1. The number of aromatic nitrogens is 2. The lowest BCUT2D eigenvalue weighted by molar-refractivity contribution is -0.112. The number of benzene rings is 1. The molecule has 0 bridgehead atoms. The van der Waals surface area contributed by atoms with Gasteiger partial charge in [0.05, 0.1) is 23.2 Å². The fraction of sp³-hybridized carbons (Fsp3) is 0.167. The van der Waals surface area contributed by atoms with E-state index in [1.165, 1.54) is 0 Å². The lowest BCUT2D eigenvalue weighted by Gasteiger charge is -1.97. The van der Waals surface area contributed by atoms with E-state index in [1.807, 2.05) is 0 Å². The van der Waals surface area contributed by atoms with Crippen LogP contribution in [0.3, 0.4) is 0 Å². The van der Waals surface area contributed by atoms with E-state index in [0.717, 1.165) is 22.7 Å². The standard InChI is InChI=1S/C18H14N4O4S2/c1-3-26-16(25)12-8(2)19-17(27-12)22-18-21-15(24)13(28-18)11-9-6-4-5-7-10(9)20-14(11)23/h4-7,24H,3H2,1-2H3,(H,19,21,22). The Morgan fingerprint density at radius 1 is 1.21 bits per heavy atom. The molecule has 3 heterocycles. The normalized spacial score (nSPS) is 12.6. The molecule has 8 nitrogen and oxygen atoms in total. The zero-order chi connectivity index (χ0) is 19.8. The Hall–Kier alpha value is -3.11. The number of hydrogen-bond acceptors (Lipinski definition) is 9. The van der Waals surface area contributed by atoms with Gasteiger partial charge < -0.3 is 15.2 Å². The summed E-state index contributed by atoms with van der Waals surface area (Å²) in [6, 6.07) is 7.12. The second-order valence-corrected chi connectivity index (χ2v) is 7.76. The van der Waals surface area contributed by atoms with Crippen molar-refractivity contribution in [3.63, 3.8) is 0 Å². The third-order valence-corrected chi connectivity index (χ3v) is 5.95. The molecule has 2 aromatic heterocycles. The van der Waals surface area contributed by atoms with E-state index in [9.17, 15) is 14.7 Å². The zero-order valence-electron chi connectivity index (χ0n) is 14.8. The topological polar surface area (TPSA) is 114 Å². The first-order valence-corrected chi connectivity index (χ1v) is 9.95. The molecule has 2 N–H and O–H groups in total. The van der Waals surface area contributed by atoms with E-state index in [0.29, 0.717) is 41.9 Å². The molecule has 3 aromatic rings. The van der Waals surface area contributed by atoms with Crippen LogP contribution in [0.25, 0.3) is 5.57 Å². The highest BCUT2D eigenvalue weighted by molar-refractivity contribution is 7.19. The number of nitrogens with one attached hydrogen (secondary N) is 1. The number of rotatable bonds is 5. The van der Waals surface area contributed by atoms with Crippen LogP contribution in [0.2, 0.25) is 0 Å². The monoisotopic (exact) mass is 414 g/mol. The van der Waals surface area contributed by atoms with Crippen LogP contribution in [0.15, 0.2) is 29.3 Å². The van der Waals surface area contributed by atoms with Gasteiger partial charge in [-0.25, -0.2) is 14.8 Å². The molecule has 0 fully saturated rings. The number of aryl methyl sites for hydroxylation is 1. The van der Waals surface area contributed by atoms with Crippen LogP contribution in [0.1, 0.15) is 27.2 Å². The summed E-state index contributed by atoms with van der Waals surface area (Å²) >= 11 is 2.25. The largest absolute Gasteiger partial charge is 0.492 e. The summed E-state index contributed by atoms with van der Waals surface area (Å²) in [6.45, 7) is 3.73. The van der Waals surface area contributed by atoms with Gasteiger partial charge in [0, 0.05) is 5.22 Å². The van der Waals surface area contributed by atoms with Crippen LogP contribution in [0.4, 0.5) is 10.3 Å². The summed E-state index contributed by atoms with van der Waals surface area (Å²) in [7, 11) is 0. The molecule has 0 aliphatic carbocycles. The number of amides is 1. The highest BCUT2D eigenvalue weighted by atomic mass is 32.1. The van der Waals surface area contributed by atoms with Crippen LogP contribution in [0, 0.1) is 6.92 Å². The Morgan fingerprint density at radius 3 is 2.75 bits per heavy atom. The molecule has 10 heteroatoms. The van der Waals surface area contributed by atoms with Crippen molar-refractivity contribution in [1.82, 2.24) is 9.97 Å². The first kappa shape index (κ1) is 18.3. The fourth-order valence-corrected chi connectivity index (χ4v) is 4.57. The van der Waals surface area contributed by atoms with Gasteiger partial charge in [0.15, 0.2) is 10.3 Å². The molecule has 0 radical (unpaired) electrons. The van der Waals surface area contributed by atoms with Crippen molar-refractivity contribution in [3.05, 3.63) is 50.3 Å². The summed E-state index contributed by atoms with van der Waals surface area (Å²) in [5, 5.41) is 15.3. The first-order valence-electron chi connectivity index (χ1n) is 8.32.